The van der Waals surface area contributed by atoms with E-state index in [4.69, 9.17) is 9.47 Å². The second kappa shape index (κ2) is 14.0. The highest BCUT2D eigenvalue weighted by molar-refractivity contribution is 14.0. The molecule has 9 heteroatoms. The Hall–Kier alpha value is -1.10. The van der Waals surface area contributed by atoms with E-state index in [0.717, 1.165) is 25.7 Å². The molecular formula is C17H33IN4O4. The molecule has 0 aromatic rings. The number of hydrogen-bond acceptors (Lipinski definition) is 5. The molecular weight excluding hydrogens is 451 g/mol. The first-order chi connectivity index (χ1) is 12.0. The number of aliphatic imine (C=N–C) groups is 1. The molecule has 2 N–H and O–H groups in total. The summed E-state index contributed by atoms with van der Waals surface area (Å²) in [6, 6.07) is 0.230. The van der Waals surface area contributed by atoms with E-state index in [0.29, 0.717) is 25.7 Å². The molecule has 1 saturated carbocycles. The average molecular weight is 484 g/mol. The highest BCUT2D eigenvalue weighted by Crippen LogP contribution is 2.25. The third kappa shape index (κ3) is 9.56. The van der Waals surface area contributed by atoms with Crippen molar-refractivity contribution in [3.8, 4) is 0 Å². The van der Waals surface area contributed by atoms with Crippen LogP contribution in [0.15, 0.2) is 4.99 Å². The second-order valence-electron chi connectivity index (χ2n) is 6.32. The number of nitrogens with zero attached hydrogens (tertiary/aromatic N) is 2. The van der Waals surface area contributed by atoms with Crippen LogP contribution in [0.5, 0.6) is 0 Å². The summed E-state index contributed by atoms with van der Waals surface area (Å²) in [4.78, 5) is 29.4. The van der Waals surface area contributed by atoms with Crippen LogP contribution in [0.3, 0.4) is 0 Å². The number of guanidine groups is 1. The zero-order valence-electron chi connectivity index (χ0n) is 16.2. The van der Waals surface area contributed by atoms with Gasteiger partial charge in [0.25, 0.3) is 0 Å². The molecule has 1 fully saturated rings. The molecule has 0 heterocycles. The van der Waals surface area contributed by atoms with Gasteiger partial charge < -0.3 is 25.0 Å². The maximum atomic E-state index is 11.8. The van der Waals surface area contributed by atoms with Crippen LogP contribution in [-0.2, 0) is 19.1 Å². The van der Waals surface area contributed by atoms with Gasteiger partial charge in [-0.1, -0.05) is 0 Å². The van der Waals surface area contributed by atoms with Gasteiger partial charge in [-0.05, 0) is 32.6 Å². The first-order valence-corrected chi connectivity index (χ1v) is 8.88. The van der Waals surface area contributed by atoms with E-state index >= 15 is 0 Å². The fourth-order valence-electron chi connectivity index (χ4n) is 2.64. The summed E-state index contributed by atoms with van der Waals surface area (Å²) in [5, 5.41) is 6.53. The molecule has 0 unspecified atom stereocenters. The SMILES string of the molecule is CCOC(=O)C1CCC(NC(=NCC(=O)N(C)C)NCCOC)CC1.I. The van der Waals surface area contributed by atoms with Gasteiger partial charge in [-0.25, -0.2) is 4.99 Å². The number of carbonyl (C=O) groups is 2. The Bertz CT molecular complexity index is 452. The van der Waals surface area contributed by atoms with Crippen molar-refractivity contribution in [1.29, 1.82) is 0 Å². The fraction of sp³-hybridized carbons (Fsp3) is 0.824. The van der Waals surface area contributed by atoms with Gasteiger partial charge in [-0.3, -0.25) is 9.59 Å². The fourth-order valence-corrected chi connectivity index (χ4v) is 2.64. The minimum Gasteiger partial charge on any atom is -0.466 e. The van der Waals surface area contributed by atoms with Crippen molar-refractivity contribution in [2.45, 2.75) is 38.6 Å². The summed E-state index contributed by atoms with van der Waals surface area (Å²) >= 11 is 0. The number of methoxy groups -OCH3 is 1. The van der Waals surface area contributed by atoms with Crippen molar-refractivity contribution in [3.05, 3.63) is 0 Å². The first-order valence-electron chi connectivity index (χ1n) is 8.88. The van der Waals surface area contributed by atoms with Crippen LogP contribution in [0.2, 0.25) is 0 Å². The van der Waals surface area contributed by atoms with Crippen molar-refractivity contribution in [1.82, 2.24) is 15.5 Å². The van der Waals surface area contributed by atoms with Crippen molar-refractivity contribution in [3.63, 3.8) is 0 Å². The number of ether oxygens (including phenoxy) is 2. The Morgan fingerprint density at radius 3 is 2.38 bits per heavy atom. The van der Waals surface area contributed by atoms with E-state index in [1.807, 2.05) is 6.92 Å². The molecule has 1 aliphatic carbocycles. The monoisotopic (exact) mass is 484 g/mol. The van der Waals surface area contributed by atoms with Gasteiger partial charge in [-0.2, -0.15) is 0 Å². The number of likely N-dealkylation sites (N-methyl/N-ethyl adjacent to an activating group) is 1. The molecule has 0 atom stereocenters. The van der Waals surface area contributed by atoms with E-state index in [2.05, 4.69) is 15.6 Å². The Morgan fingerprint density at radius 2 is 1.85 bits per heavy atom. The number of halogens is 1. The standard InChI is InChI=1S/C17H32N4O4.HI/c1-5-25-16(23)13-6-8-14(9-7-13)20-17(18-10-11-24-4)19-12-15(22)21(2)3;/h13-14H,5-12H2,1-4H3,(H2,18,19,20);1H. The molecule has 26 heavy (non-hydrogen) atoms. The number of amides is 1. The lowest BCUT2D eigenvalue weighted by Gasteiger charge is -2.29. The molecule has 0 aromatic heterocycles. The summed E-state index contributed by atoms with van der Waals surface area (Å²) < 4.78 is 10.1. The molecule has 0 spiro atoms. The number of nitrogens with one attached hydrogen (secondary N) is 2. The zero-order chi connectivity index (χ0) is 18.7. The Labute approximate surface area is 173 Å². The Balaban J connectivity index is 0.00000625. The Kier molecular flexibility index (Phi) is 13.4. The van der Waals surface area contributed by atoms with Crippen LogP contribution in [0, 0.1) is 5.92 Å². The topological polar surface area (TPSA) is 92.3 Å². The summed E-state index contributed by atoms with van der Waals surface area (Å²) in [5.74, 6) is 0.450. The highest BCUT2D eigenvalue weighted by Gasteiger charge is 2.27. The molecule has 0 saturated heterocycles. The van der Waals surface area contributed by atoms with Crippen LogP contribution in [0.25, 0.3) is 0 Å². The molecule has 1 aliphatic rings. The van der Waals surface area contributed by atoms with Gasteiger partial charge in [0.1, 0.15) is 6.54 Å². The van der Waals surface area contributed by atoms with Crippen molar-refractivity contribution < 1.29 is 19.1 Å². The normalized spacial score (nSPS) is 19.9. The number of carbonyl (C=O) groups excluding carboxylic acids is 2. The largest absolute Gasteiger partial charge is 0.466 e. The van der Waals surface area contributed by atoms with Crippen LogP contribution in [-0.4, -0.2) is 76.3 Å². The van der Waals surface area contributed by atoms with Crippen molar-refractivity contribution in [2.75, 3.05) is 47.5 Å². The van der Waals surface area contributed by atoms with E-state index < -0.39 is 0 Å². The molecule has 1 amide bonds. The number of hydrogen-bond donors (Lipinski definition) is 2. The number of rotatable bonds is 8. The number of esters is 1. The molecule has 8 nitrogen and oxygen atoms in total. The van der Waals surface area contributed by atoms with Crippen LogP contribution in [0.1, 0.15) is 32.6 Å². The van der Waals surface area contributed by atoms with E-state index in [9.17, 15) is 9.59 Å². The highest BCUT2D eigenvalue weighted by atomic mass is 127. The summed E-state index contributed by atoms with van der Waals surface area (Å²) in [6.45, 7) is 3.51. The third-order valence-electron chi connectivity index (χ3n) is 4.16. The lowest BCUT2D eigenvalue weighted by molar-refractivity contribution is -0.149. The Morgan fingerprint density at radius 1 is 1.19 bits per heavy atom. The van der Waals surface area contributed by atoms with E-state index in [-0.39, 0.29) is 54.4 Å². The average Bonchev–Trinajstić information content (AvgIpc) is 2.60. The zero-order valence-corrected chi connectivity index (χ0v) is 18.6. The molecule has 0 radical (unpaired) electrons. The van der Waals surface area contributed by atoms with Crippen LogP contribution < -0.4 is 10.6 Å². The van der Waals surface area contributed by atoms with Gasteiger partial charge in [0, 0.05) is 33.8 Å². The second-order valence-corrected chi connectivity index (χ2v) is 6.32. The van der Waals surface area contributed by atoms with E-state index in [1.165, 1.54) is 4.90 Å². The first kappa shape index (κ1) is 24.9. The smallest absolute Gasteiger partial charge is 0.308 e. The quantitative estimate of drug-likeness (QED) is 0.176. The van der Waals surface area contributed by atoms with Gasteiger partial charge in [0.05, 0.1) is 19.1 Å². The molecule has 0 aromatic carbocycles. The maximum Gasteiger partial charge on any atom is 0.308 e. The van der Waals surface area contributed by atoms with Gasteiger partial charge in [0.15, 0.2) is 5.96 Å². The van der Waals surface area contributed by atoms with Gasteiger partial charge >= 0.3 is 5.97 Å². The van der Waals surface area contributed by atoms with Crippen LogP contribution >= 0.6 is 24.0 Å². The molecule has 0 aliphatic heterocycles. The van der Waals surface area contributed by atoms with Crippen molar-refractivity contribution >= 4 is 41.8 Å². The summed E-state index contributed by atoms with van der Waals surface area (Å²) in [7, 11) is 5.05. The minimum atomic E-state index is -0.0929. The molecule has 1 rings (SSSR count). The molecule has 0 bridgehead atoms. The maximum absolute atomic E-state index is 11.8. The van der Waals surface area contributed by atoms with Crippen molar-refractivity contribution in [2.24, 2.45) is 10.9 Å². The minimum absolute atomic E-state index is 0. The lowest BCUT2D eigenvalue weighted by atomic mass is 9.86. The summed E-state index contributed by atoms with van der Waals surface area (Å²) in [5.41, 5.74) is 0. The predicted octanol–water partition coefficient (Wildman–Crippen LogP) is 0.996. The molecule has 152 valence electrons. The third-order valence-corrected chi connectivity index (χ3v) is 4.16. The van der Waals surface area contributed by atoms with E-state index in [1.54, 1.807) is 21.2 Å². The van der Waals surface area contributed by atoms with Crippen LogP contribution in [0.4, 0.5) is 0 Å². The lowest BCUT2D eigenvalue weighted by Crippen LogP contribution is -2.46. The summed E-state index contributed by atoms with van der Waals surface area (Å²) in [6.07, 6.45) is 3.35. The van der Waals surface area contributed by atoms with Gasteiger partial charge in [-0.15, -0.1) is 24.0 Å². The predicted molar refractivity (Wildman–Crippen MR) is 112 cm³/mol. The van der Waals surface area contributed by atoms with Gasteiger partial charge in [0.2, 0.25) is 5.91 Å².